The van der Waals surface area contributed by atoms with Crippen LogP contribution in [0.4, 0.5) is 11.5 Å². The average Bonchev–Trinajstić information content (AvgIpc) is 2.79. The zero-order valence-corrected chi connectivity index (χ0v) is 21.2. The minimum absolute atomic E-state index is 0.0761. The molecule has 0 aromatic carbocycles. The summed E-state index contributed by atoms with van der Waals surface area (Å²) in [5.74, 6) is -0.177. The molecule has 1 aliphatic heterocycles. The van der Waals surface area contributed by atoms with Crippen molar-refractivity contribution in [3.8, 4) is 6.07 Å². The summed E-state index contributed by atoms with van der Waals surface area (Å²) < 4.78 is 7.06. The van der Waals surface area contributed by atoms with Crippen LogP contribution in [0.1, 0.15) is 99.1 Å². The van der Waals surface area contributed by atoms with Gasteiger partial charge in [0, 0.05) is 5.41 Å². The highest BCUT2D eigenvalue weighted by Crippen LogP contribution is 2.53. The van der Waals surface area contributed by atoms with Gasteiger partial charge in [-0.25, -0.2) is 9.47 Å². The Hall–Kier alpha value is -2.49. The second-order valence-electron chi connectivity index (χ2n) is 12.5. The maximum absolute atomic E-state index is 13.1. The molecule has 0 amide bonds. The average molecular weight is 430 g/mol. The van der Waals surface area contributed by atoms with Crippen molar-refractivity contribution in [3.05, 3.63) is 11.3 Å². The number of anilines is 2. The van der Waals surface area contributed by atoms with E-state index < -0.39 is 17.1 Å². The lowest BCUT2D eigenvalue weighted by Gasteiger charge is -2.58. The molecule has 3 N–H and O–H groups in total. The second kappa shape index (κ2) is 7.01. The van der Waals surface area contributed by atoms with Crippen molar-refractivity contribution in [3.63, 3.8) is 0 Å². The highest BCUT2D eigenvalue weighted by molar-refractivity contribution is 6.05. The smallest absolute Gasteiger partial charge is 0.359 e. The van der Waals surface area contributed by atoms with Gasteiger partial charge < -0.3 is 15.8 Å². The van der Waals surface area contributed by atoms with E-state index in [2.05, 4.69) is 73.7 Å². The van der Waals surface area contributed by atoms with Crippen molar-refractivity contribution >= 4 is 23.2 Å². The zero-order chi connectivity index (χ0) is 24.4. The summed E-state index contributed by atoms with van der Waals surface area (Å²) in [5, 5.41) is 18.6. The van der Waals surface area contributed by atoms with Gasteiger partial charge in [-0.2, -0.15) is 10.4 Å². The van der Waals surface area contributed by atoms with Crippen LogP contribution in [0.5, 0.6) is 0 Å². The Labute approximate surface area is 187 Å². The molecule has 1 aromatic heterocycles. The van der Waals surface area contributed by atoms with Gasteiger partial charge in [-0.15, -0.1) is 0 Å². The fourth-order valence-corrected chi connectivity index (χ4v) is 4.76. The SMILES string of the molecule is CC(C)(C)OC(=O)c1c(N)c(C#N)c2n1N=C(C(C)(C)C)C(C(C)(C)C)(C(C)(C)C)N2. The van der Waals surface area contributed by atoms with Crippen molar-refractivity contribution < 1.29 is 9.53 Å². The first-order valence-electron chi connectivity index (χ1n) is 10.7. The summed E-state index contributed by atoms with van der Waals surface area (Å²) in [6.07, 6.45) is 0. The molecule has 0 unspecified atom stereocenters. The number of hydrogen-bond acceptors (Lipinski definition) is 6. The lowest BCUT2D eigenvalue weighted by atomic mass is 9.54. The van der Waals surface area contributed by atoms with Crippen molar-refractivity contribution in [2.24, 2.45) is 21.3 Å². The van der Waals surface area contributed by atoms with E-state index >= 15 is 0 Å². The molecule has 2 rings (SSSR count). The Morgan fingerprint density at radius 2 is 1.52 bits per heavy atom. The molecular weight excluding hydrogens is 390 g/mol. The number of nitrogens with one attached hydrogen (secondary N) is 1. The van der Waals surface area contributed by atoms with Crippen molar-refractivity contribution in [2.75, 3.05) is 11.1 Å². The number of ether oxygens (including phenoxy) is 1. The van der Waals surface area contributed by atoms with Crippen LogP contribution in [-0.4, -0.2) is 27.5 Å². The van der Waals surface area contributed by atoms with Crippen LogP contribution in [0.25, 0.3) is 0 Å². The highest BCUT2D eigenvalue weighted by atomic mass is 16.6. The number of nitrogens with two attached hydrogens (primary N) is 1. The maximum Gasteiger partial charge on any atom is 0.359 e. The van der Waals surface area contributed by atoms with Gasteiger partial charge in [0.15, 0.2) is 5.69 Å². The van der Waals surface area contributed by atoms with Crippen molar-refractivity contribution in [1.82, 2.24) is 4.68 Å². The van der Waals surface area contributed by atoms with Gasteiger partial charge in [0.2, 0.25) is 0 Å². The number of carbonyl (C=O) groups excluding carboxylic acids is 1. The first-order valence-corrected chi connectivity index (χ1v) is 10.7. The first kappa shape index (κ1) is 24.8. The molecule has 7 nitrogen and oxygen atoms in total. The number of hydrogen-bond donors (Lipinski definition) is 2. The van der Waals surface area contributed by atoms with E-state index in [9.17, 15) is 10.1 Å². The Bertz CT molecular complexity index is 951. The van der Waals surface area contributed by atoms with Gasteiger partial charge in [0.1, 0.15) is 23.1 Å². The lowest BCUT2D eigenvalue weighted by molar-refractivity contribution is 0.00597. The van der Waals surface area contributed by atoms with Crippen LogP contribution in [-0.2, 0) is 4.74 Å². The van der Waals surface area contributed by atoms with Crippen LogP contribution in [0.3, 0.4) is 0 Å². The normalized spacial score (nSPS) is 16.7. The fraction of sp³-hybridized carbons (Fsp3) is 0.708. The monoisotopic (exact) mass is 429 g/mol. The summed E-state index contributed by atoms with van der Waals surface area (Å²) in [6, 6.07) is 2.17. The third-order valence-electron chi connectivity index (χ3n) is 5.71. The molecule has 0 spiro atoms. The summed E-state index contributed by atoms with van der Waals surface area (Å²) in [6.45, 7) is 24.7. The van der Waals surface area contributed by atoms with Crippen LogP contribution in [0.2, 0.25) is 0 Å². The van der Waals surface area contributed by atoms with Gasteiger partial charge in [-0.3, -0.25) is 0 Å². The third-order valence-corrected chi connectivity index (χ3v) is 5.71. The molecule has 0 saturated carbocycles. The molecule has 1 aliphatic rings. The maximum atomic E-state index is 13.1. The fourth-order valence-electron chi connectivity index (χ4n) is 4.76. The van der Waals surface area contributed by atoms with Gasteiger partial charge in [0.05, 0.1) is 16.9 Å². The number of aromatic nitrogens is 1. The molecule has 0 aliphatic carbocycles. The zero-order valence-electron chi connectivity index (χ0n) is 21.2. The summed E-state index contributed by atoms with van der Waals surface area (Å²) in [4.78, 5) is 13.1. The third kappa shape index (κ3) is 3.93. The number of nitriles is 1. The Kier molecular flexibility index (Phi) is 5.60. The number of esters is 1. The predicted octanol–water partition coefficient (Wildman–Crippen LogP) is 5.40. The number of fused-ring (bicyclic) bond motifs is 1. The standard InChI is InChI=1S/C24H39N5O2/c1-20(2,3)19-24(21(4,5)6,22(7,8)9)27-17-14(13-25)15(26)16(29(17)28-19)18(30)31-23(10,11)12/h27H,26H2,1-12H3. The predicted molar refractivity (Wildman–Crippen MR) is 126 cm³/mol. The molecule has 172 valence electrons. The summed E-state index contributed by atoms with van der Waals surface area (Å²) in [7, 11) is 0. The van der Waals surface area contributed by atoms with Crippen molar-refractivity contribution in [1.29, 1.82) is 5.26 Å². The van der Waals surface area contributed by atoms with E-state index in [-0.39, 0.29) is 33.2 Å². The Morgan fingerprint density at radius 1 is 1.03 bits per heavy atom. The molecule has 0 atom stereocenters. The van der Waals surface area contributed by atoms with E-state index in [0.29, 0.717) is 5.82 Å². The van der Waals surface area contributed by atoms with E-state index in [0.717, 1.165) is 5.71 Å². The summed E-state index contributed by atoms with van der Waals surface area (Å²) >= 11 is 0. The summed E-state index contributed by atoms with van der Waals surface area (Å²) in [5.41, 5.74) is 5.36. The van der Waals surface area contributed by atoms with Crippen LogP contribution >= 0.6 is 0 Å². The largest absolute Gasteiger partial charge is 0.455 e. The molecule has 1 aromatic rings. The molecule has 2 heterocycles. The minimum atomic E-state index is -0.708. The molecular formula is C24H39N5O2. The number of rotatable bonds is 1. The van der Waals surface area contributed by atoms with E-state index in [1.807, 2.05) is 0 Å². The number of nitrogen functional groups attached to an aromatic ring is 1. The van der Waals surface area contributed by atoms with Crippen LogP contribution in [0, 0.1) is 27.6 Å². The molecule has 7 heteroatoms. The van der Waals surface area contributed by atoms with Gasteiger partial charge in [0.25, 0.3) is 0 Å². The van der Waals surface area contributed by atoms with Crippen LogP contribution in [0.15, 0.2) is 5.10 Å². The number of nitrogens with zero attached hydrogens (tertiary/aromatic N) is 3. The Morgan fingerprint density at radius 3 is 1.87 bits per heavy atom. The van der Waals surface area contributed by atoms with Crippen LogP contribution < -0.4 is 11.1 Å². The van der Waals surface area contributed by atoms with E-state index in [4.69, 9.17) is 15.6 Å². The molecule has 0 saturated heterocycles. The first-order chi connectivity index (χ1) is 13.7. The van der Waals surface area contributed by atoms with E-state index in [1.54, 1.807) is 20.8 Å². The molecule has 0 fully saturated rings. The van der Waals surface area contributed by atoms with E-state index in [1.165, 1.54) is 4.68 Å². The highest BCUT2D eigenvalue weighted by Gasteiger charge is 2.59. The van der Waals surface area contributed by atoms with Gasteiger partial charge >= 0.3 is 5.97 Å². The lowest BCUT2D eigenvalue weighted by Crippen LogP contribution is -2.68. The Balaban J connectivity index is 2.99. The topological polar surface area (TPSA) is 105 Å². The molecule has 31 heavy (non-hydrogen) atoms. The molecule has 0 bridgehead atoms. The quantitative estimate of drug-likeness (QED) is 0.581. The van der Waals surface area contributed by atoms with Gasteiger partial charge in [-0.1, -0.05) is 62.3 Å². The van der Waals surface area contributed by atoms with Gasteiger partial charge in [-0.05, 0) is 31.6 Å². The molecule has 0 radical (unpaired) electrons. The van der Waals surface area contributed by atoms with Crippen molar-refractivity contribution in [2.45, 2.75) is 94.2 Å². The number of carbonyl (C=O) groups is 1. The minimum Gasteiger partial charge on any atom is -0.455 e. The second-order valence-corrected chi connectivity index (χ2v) is 12.5.